The van der Waals surface area contributed by atoms with E-state index < -0.39 is 12.1 Å². The van der Waals surface area contributed by atoms with Crippen LogP contribution in [0.4, 0.5) is 4.79 Å². The fourth-order valence-corrected chi connectivity index (χ4v) is 1.21. The summed E-state index contributed by atoms with van der Waals surface area (Å²) in [6.45, 7) is 6.46. The third kappa shape index (κ3) is 5.24. The number of carbonyl (C=O) groups is 2. The first-order valence-electron chi connectivity index (χ1n) is 5.36. The lowest BCUT2D eigenvalue weighted by molar-refractivity contribution is -0.124. The molecule has 88 valence electrons. The van der Waals surface area contributed by atoms with Crippen molar-refractivity contribution in [1.29, 1.82) is 0 Å². The number of hydrogen-bond donors (Lipinski definition) is 3. The molecular weight excluding hydrogens is 194 g/mol. The van der Waals surface area contributed by atoms with Gasteiger partial charge in [0.1, 0.15) is 6.04 Å². The smallest absolute Gasteiger partial charge is 0.312 e. The summed E-state index contributed by atoms with van der Waals surface area (Å²) in [5.41, 5.74) is 5.02. The van der Waals surface area contributed by atoms with Gasteiger partial charge in [-0.25, -0.2) is 4.79 Å². The van der Waals surface area contributed by atoms with Crippen LogP contribution in [0.3, 0.4) is 0 Å². The topological polar surface area (TPSA) is 84.2 Å². The van der Waals surface area contributed by atoms with Gasteiger partial charge in [-0.3, -0.25) is 4.79 Å². The Morgan fingerprint density at radius 2 is 1.93 bits per heavy atom. The molecule has 0 aromatic heterocycles. The third-order valence-corrected chi connectivity index (χ3v) is 2.34. The summed E-state index contributed by atoms with van der Waals surface area (Å²) in [7, 11) is 0. The molecular formula is C10H21N3O2. The molecule has 0 spiro atoms. The van der Waals surface area contributed by atoms with Crippen LogP contribution in [0.15, 0.2) is 0 Å². The van der Waals surface area contributed by atoms with E-state index >= 15 is 0 Å². The first-order valence-corrected chi connectivity index (χ1v) is 5.36. The highest BCUT2D eigenvalue weighted by molar-refractivity contribution is 5.86. The van der Waals surface area contributed by atoms with E-state index in [2.05, 4.69) is 10.6 Å². The Morgan fingerprint density at radius 1 is 1.33 bits per heavy atom. The van der Waals surface area contributed by atoms with Gasteiger partial charge in [-0.1, -0.05) is 27.2 Å². The fraction of sp³-hybridized carbons (Fsp3) is 0.800. The Hall–Kier alpha value is -1.26. The van der Waals surface area contributed by atoms with Crippen molar-refractivity contribution in [3.05, 3.63) is 0 Å². The van der Waals surface area contributed by atoms with Crippen LogP contribution in [-0.2, 0) is 4.79 Å². The van der Waals surface area contributed by atoms with E-state index in [-0.39, 0.29) is 11.8 Å². The molecule has 2 atom stereocenters. The molecule has 0 radical (unpaired) electrons. The molecule has 5 heteroatoms. The third-order valence-electron chi connectivity index (χ3n) is 2.34. The minimum absolute atomic E-state index is 0.0781. The number of carbonyl (C=O) groups excluding carboxylic acids is 2. The number of rotatable bonds is 6. The Labute approximate surface area is 90.8 Å². The normalized spacial score (nSPS) is 14.1. The number of nitrogens with two attached hydrogens (primary N) is 1. The molecule has 0 aliphatic heterocycles. The van der Waals surface area contributed by atoms with Gasteiger partial charge in [0.05, 0.1) is 0 Å². The van der Waals surface area contributed by atoms with Crippen molar-refractivity contribution in [3.8, 4) is 0 Å². The highest BCUT2D eigenvalue weighted by atomic mass is 16.2. The van der Waals surface area contributed by atoms with Crippen molar-refractivity contribution < 1.29 is 9.59 Å². The molecule has 0 saturated heterocycles. The molecule has 0 heterocycles. The van der Waals surface area contributed by atoms with Crippen molar-refractivity contribution in [2.45, 2.75) is 39.7 Å². The maximum atomic E-state index is 11.7. The fourth-order valence-electron chi connectivity index (χ4n) is 1.21. The van der Waals surface area contributed by atoms with Crippen molar-refractivity contribution in [2.24, 2.45) is 11.7 Å². The Kier molecular flexibility index (Phi) is 6.49. The van der Waals surface area contributed by atoms with E-state index in [0.717, 1.165) is 12.8 Å². The van der Waals surface area contributed by atoms with Gasteiger partial charge in [0.25, 0.3) is 0 Å². The highest BCUT2D eigenvalue weighted by Gasteiger charge is 2.24. The van der Waals surface area contributed by atoms with Crippen LogP contribution in [0, 0.1) is 5.92 Å². The van der Waals surface area contributed by atoms with Crippen molar-refractivity contribution >= 4 is 11.9 Å². The summed E-state index contributed by atoms with van der Waals surface area (Å²) < 4.78 is 0. The second-order valence-corrected chi connectivity index (χ2v) is 3.66. The summed E-state index contributed by atoms with van der Waals surface area (Å²) in [4.78, 5) is 22.4. The predicted molar refractivity (Wildman–Crippen MR) is 59.3 cm³/mol. The van der Waals surface area contributed by atoms with Crippen LogP contribution in [-0.4, -0.2) is 24.5 Å². The summed E-state index contributed by atoms with van der Waals surface area (Å²) >= 11 is 0. The molecule has 0 bridgehead atoms. The maximum Gasteiger partial charge on any atom is 0.312 e. The lowest BCUT2D eigenvalue weighted by atomic mass is 9.98. The largest absolute Gasteiger partial charge is 0.354 e. The van der Waals surface area contributed by atoms with Crippen LogP contribution < -0.4 is 16.4 Å². The zero-order valence-electron chi connectivity index (χ0n) is 9.67. The first-order chi connectivity index (χ1) is 7.02. The summed E-state index contributed by atoms with van der Waals surface area (Å²) in [5, 5.41) is 5.21. The highest BCUT2D eigenvalue weighted by Crippen LogP contribution is 2.07. The average molecular weight is 215 g/mol. The zero-order valence-corrected chi connectivity index (χ0v) is 9.67. The Bertz CT molecular complexity index is 219. The van der Waals surface area contributed by atoms with Crippen LogP contribution in [0.25, 0.3) is 0 Å². The lowest BCUT2D eigenvalue weighted by Crippen LogP contribution is -2.51. The van der Waals surface area contributed by atoms with Crippen LogP contribution in [0.2, 0.25) is 0 Å². The van der Waals surface area contributed by atoms with Gasteiger partial charge in [-0.05, 0) is 12.3 Å². The monoisotopic (exact) mass is 215 g/mol. The molecule has 0 rings (SSSR count). The van der Waals surface area contributed by atoms with E-state index in [9.17, 15) is 9.59 Å². The van der Waals surface area contributed by atoms with Gasteiger partial charge in [0, 0.05) is 6.54 Å². The molecule has 4 N–H and O–H groups in total. The molecule has 15 heavy (non-hydrogen) atoms. The number of urea groups is 1. The molecule has 0 fully saturated rings. The molecule has 0 saturated carbocycles. The van der Waals surface area contributed by atoms with Gasteiger partial charge >= 0.3 is 6.03 Å². The van der Waals surface area contributed by atoms with Crippen LogP contribution in [0.1, 0.15) is 33.6 Å². The maximum absolute atomic E-state index is 11.7. The van der Waals surface area contributed by atoms with E-state index in [1.807, 2.05) is 20.8 Å². The minimum Gasteiger partial charge on any atom is -0.354 e. The van der Waals surface area contributed by atoms with Gasteiger partial charge < -0.3 is 16.4 Å². The van der Waals surface area contributed by atoms with Gasteiger partial charge in [-0.2, -0.15) is 0 Å². The Balaban J connectivity index is 4.33. The number of nitrogens with one attached hydrogen (secondary N) is 2. The lowest BCUT2D eigenvalue weighted by Gasteiger charge is -2.22. The molecule has 0 unspecified atom stereocenters. The second kappa shape index (κ2) is 7.09. The molecule has 3 amide bonds. The number of hydrogen-bond acceptors (Lipinski definition) is 2. The quantitative estimate of drug-likeness (QED) is 0.606. The molecule has 5 nitrogen and oxygen atoms in total. The average Bonchev–Trinajstić information content (AvgIpc) is 2.21. The van der Waals surface area contributed by atoms with Crippen LogP contribution >= 0.6 is 0 Å². The van der Waals surface area contributed by atoms with Crippen LogP contribution in [0.5, 0.6) is 0 Å². The summed E-state index contributed by atoms with van der Waals surface area (Å²) in [5.74, 6) is -0.0839. The van der Waals surface area contributed by atoms with Crippen molar-refractivity contribution in [3.63, 3.8) is 0 Å². The zero-order chi connectivity index (χ0) is 11.8. The first kappa shape index (κ1) is 13.7. The van der Waals surface area contributed by atoms with Gasteiger partial charge in [-0.15, -0.1) is 0 Å². The van der Waals surface area contributed by atoms with E-state index in [1.54, 1.807) is 0 Å². The van der Waals surface area contributed by atoms with Crippen molar-refractivity contribution in [2.75, 3.05) is 6.54 Å². The Morgan fingerprint density at radius 3 is 2.33 bits per heavy atom. The molecule has 0 aliphatic rings. The minimum atomic E-state index is -0.660. The van der Waals surface area contributed by atoms with E-state index in [1.165, 1.54) is 0 Å². The molecule has 0 aromatic rings. The predicted octanol–water partition coefficient (Wildman–Crippen LogP) is 0.596. The molecule has 0 aliphatic carbocycles. The molecule has 0 aromatic carbocycles. The van der Waals surface area contributed by atoms with Gasteiger partial charge in [0.15, 0.2) is 0 Å². The summed E-state index contributed by atoms with van der Waals surface area (Å²) in [6, 6.07) is -1.19. The summed E-state index contributed by atoms with van der Waals surface area (Å²) in [6.07, 6.45) is 1.68. The number of primary amides is 1. The van der Waals surface area contributed by atoms with E-state index in [0.29, 0.717) is 6.54 Å². The standard InChI is InChI=1S/C10H21N3O2/c1-4-6-12-9(14)8(7(3)5-2)13-10(11)15/h7-8H,4-6H2,1-3H3,(H,12,14)(H3,11,13,15)/t7-,8+/m1/s1. The SMILES string of the molecule is CCCNC(=O)[C@@H](NC(N)=O)[C@H](C)CC. The van der Waals surface area contributed by atoms with E-state index in [4.69, 9.17) is 5.73 Å². The van der Waals surface area contributed by atoms with Gasteiger partial charge in [0.2, 0.25) is 5.91 Å². The second-order valence-electron chi connectivity index (χ2n) is 3.66. The number of amides is 3. The van der Waals surface area contributed by atoms with Crippen molar-refractivity contribution in [1.82, 2.24) is 10.6 Å².